The Balaban J connectivity index is 1.79. The summed E-state index contributed by atoms with van der Waals surface area (Å²) >= 11 is 0. The van der Waals surface area contributed by atoms with Gasteiger partial charge in [-0.1, -0.05) is 23.8 Å². The van der Waals surface area contributed by atoms with Crippen LogP contribution >= 0.6 is 0 Å². The predicted molar refractivity (Wildman–Crippen MR) is 104 cm³/mol. The molecule has 0 aromatic heterocycles. The number of ether oxygens (including phenoxy) is 1. The molecular formula is C22H27N2O2+. The zero-order chi connectivity index (χ0) is 18.3. The number of β-amino-alcohol motifs (C(OH)–C–C–N with tert-alkyl or cyclic N) is 1. The lowest BCUT2D eigenvalue weighted by atomic mass is 9.95. The smallest absolute Gasteiger partial charge is 0.271 e. The van der Waals surface area contributed by atoms with Gasteiger partial charge in [0.15, 0.2) is 6.54 Å². The van der Waals surface area contributed by atoms with Gasteiger partial charge < -0.3 is 9.84 Å². The fourth-order valence-corrected chi connectivity index (χ4v) is 4.39. The summed E-state index contributed by atoms with van der Waals surface area (Å²) in [5.41, 5.74) is 3.51. The van der Waals surface area contributed by atoms with Gasteiger partial charge in [-0.25, -0.2) is 9.48 Å². The molecule has 0 amide bonds. The van der Waals surface area contributed by atoms with Crippen molar-refractivity contribution in [2.45, 2.75) is 38.8 Å². The van der Waals surface area contributed by atoms with Crippen molar-refractivity contribution in [3.05, 3.63) is 59.2 Å². The largest absolute Gasteiger partial charge is 0.497 e. The minimum absolute atomic E-state index is 0.554. The molecule has 2 aliphatic rings. The first kappa shape index (κ1) is 17.1. The van der Waals surface area contributed by atoms with Gasteiger partial charge in [0.05, 0.1) is 13.7 Å². The quantitative estimate of drug-likeness (QED) is 0.859. The maximum atomic E-state index is 11.8. The van der Waals surface area contributed by atoms with Gasteiger partial charge in [0.1, 0.15) is 11.4 Å². The van der Waals surface area contributed by atoms with Crippen molar-refractivity contribution in [1.29, 1.82) is 0 Å². The zero-order valence-corrected chi connectivity index (χ0v) is 15.8. The van der Waals surface area contributed by atoms with E-state index in [0.717, 1.165) is 42.0 Å². The molecule has 2 aliphatic heterocycles. The van der Waals surface area contributed by atoms with Crippen LogP contribution in [0, 0.1) is 13.8 Å². The van der Waals surface area contributed by atoms with Crippen molar-refractivity contribution < 1.29 is 14.4 Å². The summed E-state index contributed by atoms with van der Waals surface area (Å²) in [4.78, 5) is 2.28. The summed E-state index contributed by atoms with van der Waals surface area (Å²) < 4.78 is 7.51. The Hall–Kier alpha value is -2.33. The lowest BCUT2D eigenvalue weighted by molar-refractivity contribution is -0.661. The van der Waals surface area contributed by atoms with E-state index in [9.17, 15) is 5.11 Å². The Bertz CT molecular complexity index is 857. The average Bonchev–Trinajstić information content (AvgIpc) is 2.96. The van der Waals surface area contributed by atoms with E-state index < -0.39 is 5.72 Å². The highest BCUT2D eigenvalue weighted by Crippen LogP contribution is 2.37. The van der Waals surface area contributed by atoms with Crippen LogP contribution in [0.1, 0.15) is 36.0 Å². The zero-order valence-electron chi connectivity index (χ0n) is 15.8. The van der Waals surface area contributed by atoms with E-state index in [1.54, 1.807) is 7.11 Å². The molecule has 1 atom stereocenters. The molecule has 2 aromatic carbocycles. The first-order valence-corrected chi connectivity index (χ1v) is 9.38. The van der Waals surface area contributed by atoms with Crippen molar-refractivity contribution in [2.75, 3.05) is 25.1 Å². The molecule has 0 spiro atoms. The van der Waals surface area contributed by atoms with Gasteiger partial charge in [-0.15, -0.1) is 0 Å². The summed E-state index contributed by atoms with van der Waals surface area (Å²) in [6, 6.07) is 14.5. The van der Waals surface area contributed by atoms with Crippen molar-refractivity contribution in [2.24, 2.45) is 0 Å². The number of methoxy groups -OCH3 is 1. The Morgan fingerprint density at radius 3 is 2.54 bits per heavy atom. The summed E-state index contributed by atoms with van der Waals surface area (Å²) in [6.45, 7) is 5.64. The monoisotopic (exact) mass is 351 g/mol. The van der Waals surface area contributed by atoms with Crippen LogP contribution in [0.2, 0.25) is 0 Å². The van der Waals surface area contributed by atoms with Crippen molar-refractivity contribution in [3.63, 3.8) is 0 Å². The molecule has 0 aliphatic carbocycles. The highest BCUT2D eigenvalue weighted by Gasteiger charge is 2.53. The van der Waals surface area contributed by atoms with Crippen molar-refractivity contribution in [1.82, 2.24) is 0 Å². The van der Waals surface area contributed by atoms with Crippen LogP contribution in [-0.2, 0) is 5.72 Å². The highest BCUT2D eigenvalue weighted by atomic mass is 16.5. The second kappa shape index (κ2) is 6.44. The van der Waals surface area contributed by atoms with Gasteiger partial charge in [0.25, 0.3) is 11.6 Å². The maximum absolute atomic E-state index is 11.8. The molecule has 26 heavy (non-hydrogen) atoms. The van der Waals surface area contributed by atoms with E-state index in [4.69, 9.17) is 4.74 Å². The van der Waals surface area contributed by atoms with Gasteiger partial charge in [0.2, 0.25) is 0 Å². The lowest BCUT2D eigenvalue weighted by Crippen LogP contribution is -2.42. The van der Waals surface area contributed by atoms with E-state index in [-0.39, 0.29) is 0 Å². The molecule has 136 valence electrons. The van der Waals surface area contributed by atoms with Gasteiger partial charge in [-0.05, 0) is 56.5 Å². The van der Waals surface area contributed by atoms with Gasteiger partial charge in [-0.2, -0.15) is 0 Å². The van der Waals surface area contributed by atoms with Crippen LogP contribution in [0.3, 0.4) is 0 Å². The van der Waals surface area contributed by atoms with Crippen molar-refractivity contribution >= 4 is 11.5 Å². The molecule has 0 radical (unpaired) electrons. The Labute approximate surface area is 155 Å². The standard InChI is InChI=1S/C22H27N2O2/c1-16-7-12-20(17(2)14-16)22(25)15-23(21-6-4-5-13-24(21)22)18-8-10-19(26-3)11-9-18/h7-12,14,25H,4-6,13,15H2,1-3H3/q+1. The van der Waals surface area contributed by atoms with E-state index in [2.05, 4.69) is 53.7 Å². The lowest BCUT2D eigenvalue weighted by Gasteiger charge is -2.26. The van der Waals surface area contributed by atoms with Crippen LogP contribution in [-0.4, -0.2) is 35.7 Å². The van der Waals surface area contributed by atoms with E-state index in [1.165, 1.54) is 17.8 Å². The molecule has 0 fully saturated rings. The Kier molecular flexibility index (Phi) is 4.23. The minimum Gasteiger partial charge on any atom is -0.497 e. The molecule has 2 heterocycles. The van der Waals surface area contributed by atoms with Gasteiger partial charge in [-0.3, -0.25) is 0 Å². The second-order valence-electron chi connectivity index (χ2n) is 7.44. The summed E-state index contributed by atoms with van der Waals surface area (Å²) in [5, 5.41) is 11.8. The van der Waals surface area contributed by atoms with Crippen LogP contribution in [0.5, 0.6) is 5.75 Å². The number of benzene rings is 2. The molecule has 4 rings (SSSR count). The molecule has 0 saturated carbocycles. The first-order valence-electron chi connectivity index (χ1n) is 9.38. The SMILES string of the molecule is COc1ccc(N2CC(O)(c3ccc(C)cc3C)[N+]3=C2CCCC3)cc1. The molecule has 1 unspecified atom stereocenters. The third-order valence-corrected chi connectivity index (χ3v) is 5.68. The Morgan fingerprint density at radius 1 is 1.08 bits per heavy atom. The first-order chi connectivity index (χ1) is 12.5. The van der Waals surface area contributed by atoms with E-state index >= 15 is 0 Å². The van der Waals surface area contributed by atoms with Gasteiger partial charge in [0, 0.05) is 12.0 Å². The van der Waals surface area contributed by atoms with Crippen LogP contribution in [0.25, 0.3) is 0 Å². The molecule has 0 bridgehead atoms. The summed E-state index contributed by atoms with van der Waals surface area (Å²) in [7, 11) is 1.68. The van der Waals surface area contributed by atoms with Crippen LogP contribution < -0.4 is 9.64 Å². The third-order valence-electron chi connectivity index (χ3n) is 5.68. The number of nitrogens with zero attached hydrogens (tertiary/aromatic N) is 2. The number of aryl methyl sites for hydroxylation is 2. The molecule has 2 aromatic rings. The normalized spacial score (nSPS) is 22.5. The van der Waals surface area contributed by atoms with Crippen molar-refractivity contribution in [3.8, 4) is 5.75 Å². The van der Waals surface area contributed by atoms with E-state index in [0.29, 0.717) is 6.54 Å². The number of hydrogen-bond acceptors (Lipinski definition) is 3. The number of anilines is 1. The second-order valence-corrected chi connectivity index (χ2v) is 7.44. The summed E-state index contributed by atoms with van der Waals surface area (Å²) in [6.07, 6.45) is 3.29. The predicted octanol–water partition coefficient (Wildman–Crippen LogP) is 3.57. The number of hydrogen-bond donors (Lipinski definition) is 1. The molecule has 4 heteroatoms. The fraction of sp³-hybridized carbons (Fsp3) is 0.409. The van der Waals surface area contributed by atoms with Crippen LogP contribution in [0.4, 0.5) is 5.69 Å². The topological polar surface area (TPSA) is 35.7 Å². The van der Waals surface area contributed by atoms with Gasteiger partial charge >= 0.3 is 0 Å². The molecule has 1 N–H and O–H groups in total. The van der Waals surface area contributed by atoms with E-state index in [1.807, 2.05) is 12.1 Å². The number of rotatable bonds is 3. The van der Waals surface area contributed by atoms with Crippen LogP contribution in [0.15, 0.2) is 42.5 Å². The average molecular weight is 351 g/mol. The molecule has 0 saturated heterocycles. The highest BCUT2D eigenvalue weighted by molar-refractivity contribution is 5.96. The fourth-order valence-electron chi connectivity index (χ4n) is 4.39. The number of aliphatic hydroxyl groups is 1. The number of amidine groups is 1. The Morgan fingerprint density at radius 2 is 1.85 bits per heavy atom. The summed E-state index contributed by atoms with van der Waals surface area (Å²) in [5.74, 6) is 2.08. The molecular weight excluding hydrogens is 324 g/mol. The maximum Gasteiger partial charge on any atom is 0.271 e. The minimum atomic E-state index is -0.979. The molecule has 4 nitrogen and oxygen atoms in total. The third kappa shape index (κ3) is 2.69.